The normalized spacial score (nSPS) is 12.8. The summed E-state index contributed by atoms with van der Waals surface area (Å²) in [7, 11) is 0. The zero-order chi connectivity index (χ0) is 31.5. The Labute approximate surface area is 266 Å². The Morgan fingerprint density at radius 1 is 0.535 bits per heavy atom. The van der Waals surface area contributed by atoms with Crippen LogP contribution >= 0.6 is 0 Å². The van der Waals surface area contributed by atoms with E-state index in [4.69, 9.17) is 9.84 Å². The summed E-state index contributed by atoms with van der Waals surface area (Å²) in [5.41, 5.74) is 0. The van der Waals surface area contributed by atoms with Crippen LogP contribution in [0.1, 0.15) is 181 Å². The molecule has 0 saturated heterocycles. The van der Waals surface area contributed by atoms with Gasteiger partial charge in [0.15, 0.2) is 0 Å². The molecule has 0 aliphatic heterocycles. The zero-order valence-corrected chi connectivity index (χ0v) is 28.3. The number of carbonyl (C=O) groups excluding carboxylic acids is 1. The highest BCUT2D eigenvalue weighted by molar-refractivity contribution is 5.69. The molecule has 248 valence electrons. The first-order valence-corrected chi connectivity index (χ1v) is 18.1. The lowest BCUT2D eigenvalue weighted by atomic mass is 10.1. The fourth-order valence-corrected chi connectivity index (χ4v) is 5.04. The molecule has 0 aliphatic rings. The van der Waals surface area contributed by atoms with Crippen LogP contribution in [-0.4, -0.2) is 23.1 Å². The Morgan fingerprint density at radius 3 is 1.58 bits per heavy atom. The van der Waals surface area contributed by atoms with Gasteiger partial charge in [0.05, 0.1) is 0 Å². The van der Waals surface area contributed by atoms with Gasteiger partial charge in [-0.1, -0.05) is 133 Å². The first kappa shape index (κ1) is 40.9. The van der Waals surface area contributed by atoms with Crippen molar-refractivity contribution in [3.05, 3.63) is 48.6 Å². The van der Waals surface area contributed by atoms with Crippen molar-refractivity contribution in [3.8, 4) is 0 Å². The van der Waals surface area contributed by atoms with Gasteiger partial charge >= 0.3 is 11.9 Å². The standard InChI is InChI=1S/C39H68O4/c1-3-5-7-9-11-12-13-14-15-16-17-18-19-20-21-22-24-26-32-36-39(42)43-37(33-29-25-23-10-8-6-4-2)34-30-27-28-31-35-38(40)41/h11-12,14-15,17-18,29,33,37H,3-10,13,16,19-28,30-32,34-36H2,1-2H3,(H,40,41)/b12-11-,15-14-,18-17-,33-29-. The molecular weight excluding hydrogens is 532 g/mol. The third-order valence-electron chi connectivity index (χ3n) is 7.76. The molecule has 0 fully saturated rings. The smallest absolute Gasteiger partial charge is 0.306 e. The van der Waals surface area contributed by atoms with E-state index in [-0.39, 0.29) is 18.5 Å². The van der Waals surface area contributed by atoms with E-state index in [9.17, 15) is 9.59 Å². The van der Waals surface area contributed by atoms with Gasteiger partial charge in [0.1, 0.15) is 6.10 Å². The summed E-state index contributed by atoms with van der Waals surface area (Å²) in [6, 6.07) is 0. The van der Waals surface area contributed by atoms with Gasteiger partial charge in [-0.25, -0.2) is 0 Å². The number of aliphatic carboxylic acids is 1. The number of allylic oxidation sites excluding steroid dienone is 7. The van der Waals surface area contributed by atoms with Crippen molar-refractivity contribution in [1.29, 1.82) is 0 Å². The zero-order valence-electron chi connectivity index (χ0n) is 28.3. The van der Waals surface area contributed by atoms with E-state index in [0.717, 1.165) is 70.6 Å². The number of unbranched alkanes of at least 4 members (excludes halogenated alkanes) is 17. The molecule has 43 heavy (non-hydrogen) atoms. The van der Waals surface area contributed by atoms with E-state index in [0.29, 0.717) is 6.42 Å². The Morgan fingerprint density at radius 2 is 0.977 bits per heavy atom. The monoisotopic (exact) mass is 601 g/mol. The van der Waals surface area contributed by atoms with Gasteiger partial charge in [-0.3, -0.25) is 9.59 Å². The Hall–Kier alpha value is -2.10. The third-order valence-corrected chi connectivity index (χ3v) is 7.76. The van der Waals surface area contributed by atoms with Gasteiger partial charge in [-0.15, -0.1) is 0 Å². The highest BCUT2D eigenvalue weighted by Gasteiger charge is 2.11. The maximum absolute atomic E-state index is 12.5. The summed E-state index contributed by atoms with van der Waals surface area (Å²) in [4.78, 5) is 23.2. The minimum atomic E-state index is -0.725. The van der Waals surface area contributed by atoms with Crippen LogP contribution in [0.4, 0.5) is 0 Å². The minimum absolute atomic E-state index is 0.0781. The lowest BCUT2D eigenvalue weighted by molar-refractivity contribution is -0.147. The van der Waals surface area contributed by atoms with E-state index >= 15 is 0 Å². The number of ether oxygens (including phenoxy) is 1. The van der Waals surface area contributed by atoms with Crippen LogP contribution in [-0.2, 0) is 14.3 Å². The number of carboxylic acids is 1. The van der Waals surface area contributed by atoms with Crippen LogP contribution in [0, 0.1) is 0 Å². The van der Waals surface area contributed by atoms with E-state index in [1.54, 1.807) is 0 Å². The highest BCUT2D eigenvalue weighted by atomic mass is 16.5. The van der Waals surface area contributed by atoms with Crippen molar-refractivity contribution in [2.24, 2.45) is 0 Å². The van der Waals surface area contributed by atoms with Gasteiger partial charge in [0, 0.05) is 12.8 Å². The van der Waals surface area contributed by atoms with E-state index in [2.05, 4.69) is 62.5 Å². The molecule has 0 aliphatic carbocycles. The SMILES string of the molecule is CCCCC/C=C\C/C=C\C/C=C\CCCCCCCCC(=O)OC(/C=C\CCCCCCC)CCCCCCC(=O)O. The fourth-order valence-electron chi connectivity index (χ4n) is 5.04. The van der Waals surface area contributed by atoms with Crippen LogP contribution in [0.15, 0.2) is 48.6 Å². The Balaban J connectivity index is 3.96. The topological polar surface area (TPSA) is 63.6 Å². The van der Waals surface area contributed by atoms with Crippen LogP contribution in [0.5, 0.6) is 0 Å². The van der Waals surface area contributed by atoms with Gasteiger partial charge < -0.3 is 9.84 Å². The first-order chi connectivity index (χ1) is 21.1. The molecule has 0 saturated carbocycles. The average molecular weight is 601 g/mol. The van der Waals surface area contributed by atoms with Crippen molar-refractivity contribution >= 4 is 11.9 Å². The molecular formula is C39H68O4. The average Bonchev–Trinajstić information content (AvgIpc) is 2.99. The van der Waals surface area contributed by atoms with Crippen LogP contribution in [0.2, 0.25) is 0 Å². The predicted octanol–water partition coefficient (Wildman–Crippen LogP) is 12.4. The molecule has 0 amide bonds. The molecule has 4 heteroatoms. The second-order valence-electron chi connectivity index (χ2n) is 12.0. The number of rotatable bonds is 32. The number of carboxylic acid groups (broad SMARTS) is 1. The fraction of sp³-hybridized carbons (Fsp3) is 0.744. The van der Waals surface area contributed by atoms with Crippen LogP contribution in [0.25, 0.3) is 0 Å². The van der Waals surface area contributed by atoms with E-state index in [1.165, 1.54) is 83.5 Å². The predicted molar refractivity (Wildman–Crippen MR) is 185 cm³/mol. The molecule has 1 atom stereocenters. The summed E-state index contributed by atoms with van der Waals surface area (Å²) in [5, 5.41) is 8.80. The first-order valence-electron chi connectivity index (χ1n) is 18.1. The summed E-state index contributed by atoms with van der Waals surface area (Å²) in [6.45, 7) is 4.48. The molecule has 1 N–H and O–H groups in total. The second kappa shape index (κ2) is 34.4. The third kappa shape index (κ3) is 34.3. The molecule has 0 bridgehead atoms. The number of hydrogen-bond donors (Lipinski definition) is 1. The summed E-state index contributed by atoms with van der Waals surface area (Å²) in [6.07, 6.45) is 45.6. The summed E-state index contributed by atoms with van der Waals surface area (Å²) < 4.78 is 5.84. The summed E-state index contributed by atoms with van der Waals surface area (Å²) in [5.74, 6) is -0.803. The molecule has 1 unspecified atom stereocenters. The quantitative estimate of drug-likeness (QED) is 0.0474. The van der Waals surface area contributed by atoms with E-state index < -0.39 is 5.97 Å². The number of carbonyl (C=O) groups is 2. The van der Waals surface area contributed by atoms with Gasteiger partial charge in [-0.2, -0.15) is 0 Å². The maximum Gasteiger partial charge on any atom is 0.306 e. The largest absolute Gasteiger partial charge is 0.481 e. The van der Waals surface area contributed by atoms with Crippen LogP contribution < -0.4 is 0 Å². The molecule has 0 aromatic heterocycles. The minimum Gasteiger partial charge on any atom is -0.481 e. The molecule has 0 spiro atoms. The van der Waals surface area contributed by atoms with Crippen LogP contribution in [0.3, 0.4) is 0 Å². The van der Waals surface area contributed by atoms with E-state index in [1.807, 2.05) is 0 Å². The maximum atomic E-state index is 12.5. The summed E-state index contributed by atoms with van der Waals surface area (Å²) >= 11 is 0. The van der Waals surface area contributed by atoms with Crippen molar-refractivity contribution in [1.82, 2.24) is 0 Å². The molecule has 0 aromatic carbocycles. The number of esters is 1. The lowest BCUT2D eigenvalue weighted by Gasteiger charge is -2.15. The molecule has 0 heterocycles. The molecule has 0 radical (unpaired) electrons. The molecule has 4 nitrogen and oxygen atoms in total. The van der Waals surface area contributed by atoms with Gasteiger partial charge in [-0.05, 0) is 83.1 Å². The van der Waals surface area contributed by atoms with Gasteiger partial charge in [0.25, 0.3) is 0 Å². The highest BCUT2D eigenvalue weighted by Crippen LogP contribution is 2.15. The Bertz CT molecular complexity index is 734. The van der Waals surface area contributed by atoms with Crippen molar-refractivity contribution < 1.29 is 19.4 Å². The van der Waals surface area contributed by atoms with Crippen molar-refractivity contribution in [3.63, 3.8) is 0 Å². The van der Waals surface area contributed by atoms with Crippen molar-refractivity contribution in [2.75, 3.05) is 0 Å². The second-order valence-corrected chi connectivity index (χ2v) is 12.0. The molecule has 0 aromatic rings. The Kier molecular flexibility index (Phi) is 32.7. The van der Waals surface area contributed by atoms with Crippen molar-refractivity contribution in [2.45, 2.75) is 187 Å². The molecule has 0 rings (SSSR count). The number of hydrogen-bond acceptors (Lipinski definition) is 3. The lowest BCUT2D eigenvalue weighted by Crippen LogP contribution is -2.16. The van der Waals surface area contributed by atoms with Gasteiger partial charge in [0.2, 0.25) is 0 Å².